The molecule has 2 atom stereocenters. The molecule has 2 N–H and O–H groups in total. The Morgan fingerprint density at radius 2 is 0.967 bits per heavy atom. The third-order valence-electron chi connectivity index (χ3n) is 10.1. The minimum Gasteiger partial charge on any atom is -0.462 e. The van der Waals surface area contributed by atoms with E-state index >= 15 is 0 Å². The first-order chi connectivity index (χ1) is 29.5. The summed E-state index contributed by atoms with van der Waals surface area (Å²) in [6, 6.07) is 0. The summed E-state index contributed by atoms with van der Waals surface area (Å²) in [5.74, 6) is -0.881. The van der Waals surface area contributed by atoms with Crippen LogP contribution in [0.1, 0.15) is 187 Å². The number of likely N-dealkylation sites (N-methyl/N-ethyl adjacent to an activating group) is 1. The van der Waals surface area contributed by atoms with Crippen LogP contribution in [0.25, 0.3) is 0 Å². The molecule has 11 heteroatoms. The van der Waals surface area contributed by atoms with Crippen LogP contribution in [0.2, 0.25) is 0 Å². The second-order valence-electron chi connectivity index (χ2n) is 17.2. The fourth-order valence-electron chi connectivity index (χ4n) is 6.27. The van der Waals surface area contributed by atoms with Crippen molar-refractivity contribution in [3.8, 4) is 0 Å². The van der Waals surface area contributed by atoms with Gasteiger partial charge in [-0.25, -0.2) is 4.57 Å². The second-order valence-corrected chi connectivity index (χ2v) is 18.7. The Hall–Kier alpha value is -2.33. The molecule has 0 aliphatic carbocycles. The highest BCUT2D eigenvalue weighted by Gasteiger charge is 2.27. The SMILES string of the molecule is CCCCCCCC/C=C\CCCCCCCCCCCC(=O)OC[C@H](COP(=O)(O)OCC[N+](C)(C)C)OC(=O)CCC/C=C\C/C=C\C/C=C\C/C=C\CCCCCO. The first kappa shape index (κ1) is 58.7. The van der Waals surface area contributed by atoms with Gasteiger partial charge in [0.2, 0.25) is 0 Å². The van der Waals surface area contributed by atoms with Crippen molar-refractivity contribution >= 4 is 19.8 Å². The Bertz CT molecular complexity index is 1220. The van der Waals surface area contributed by atoms with Gasteiger partial charge < -0.3 is 24.0 Å². The van der Waals surface area contributed by atoms with Crippen LogP contribution in [-0.4, -0.2) is 86.6 Å². The van der Waals surface area contributed by atoms with E-state index in [2.05, 4.69) is 61.6 Å². The van der Waals surface area contributed by atoms with Crippen molar-refractivity contribution in [3.05, 3.63) is 60.8 Å². The topological polar surface area (TPSA) is 129 Å². The van der Waals surface area contributed by atoms with Crippen LogP contribution < -0.4 is 0 Å². The Balaban J connectivity index is 4.38. The third-order valence-corrected chi connectivity index (χ3v) is 11.1. The van der Waals surface area contributed by atoms with E-state index in [1.54, 1.807) is 0 Å². The molecular weight excluding hydrogens is 790 g/mol. The van der Waals surface area contributed by atoms with Gasteiger partial charge in [0, 0.05) is 19.4 Å². The van der Waals surface area contributed by atoms with Gasteiger partial charge in [-0.05, 0) is 83.5 Å². The van der Waals surface area contributed by atoms with Gasteiger partial charge in [-0.3, -0.25) is 18.6 Å². The van der Waals surface area contributed by atoms with Gasteiger partial charge in [-0.15, -0.1) is 0 Å². The first-order valence-electron chi connectivity index (χ1n) is 24.1. The van der Waals surface area contributed by atoms with Crippen molar-refractivity contribution in [2.24, 2.45) is 0 Å². The van der Waals surface area contributed by atoms with Crippen molar-refractivity contribution in [2.75, 3.05) is 54.1 Å². The molecule has 0 aliphatic heterocycles. The smallest absolute Gasteiger partial charge is 0.462 e. The van der Waals surface area contributed by atoms with Gasteiger partial charge in [-0.1, -0.05) is 151 Å². The number of ether oxygens (including phenoxy) is 2. The number of rotatable bonds is 44. The van der Waals surface area contributed by atoms with Crippen LogP contribution in [0, 0.1) is 0 Å². The van der Waals surface area contributed by atoms with Crippen molar-refractivity contribution < 1.29 is 47.2 Å². The van der Waals surface area contributed by atoms with Gasteiger partial charge in [0.05, 0.1) is 27.7 Å². The number of unbranched alkanes of at least 4 members (excludes halogenated alkanes) is 19. The number of carbonyl (C=O) groups is 2. The van der Waals surface area contributed by atoms with Gasteiger partial charge in [0.1, 0.15) is 19.8 Å². The molecule has 10 nitrogen and oxygen atoms in total. The molecule has 0 saturated carbocycles. The van der Waals surface area contributed by atoms with Gasteiger partial charge >= 0.3 is 19.8 Å². The van der Waals surface area contributed by atoms with Gasteiger partial charge in [0.25, 0.3) is 0 Å². The third kappa shape index (κ3) is 47.0. The van der Waals surface area contributed by atoms with E-state index < -0.39 is 32.5 Å². The van der Waals surface area contributed by atoms with E-state index in [4.69, 9.17) is 23.6 Å². The number of aliphatic hydroxyl groups excluding tert-OH is 1. The minimum absolute atomic E-state index is 0.0142. The molecule has 0 amide bonds. The zero-order valence-electron chi connectivity index (χ0n) is 39.3. The number of phosphoric acid groups is 1. The van der Waals surface area contributed by atoms with E-state index in [9.17, 15) is 19.0 Å². The maximum Gasteiger partial charge on any atom is 0.472 e. The molecule has 61 heavy (non-hydrogen) atoms. The highest BCUT2D eigenvalue weighted by molar-refractivity contribution is 7.47. The number of aliphatic hydroxyl groups is 1. The second kappa shape index (κ2) is 42.9. The summed E-state index contributed by atoms with van der Waals surface area (Å²) in [5, 5.41) is 8.81. The molecule has 0 aromatic rings. The summed E-state index contributed by atoms with van der Waals surface area (Å²) >= 11 is 0. The molecule has 0 aromatic heterocycles. The largest absolute Gasteiger partial charge is 0.472 e. The Morgan fingerprint density at radius 1 is 0.541 bits per heavy atom. The van der Waals surface area contributed by atoms with Crippen molar-refractivity contribution in [1.82, 2.24) is 0 Å². The van der Waals surface area contributed by atoms with E-state index in [0.717, 1.165) is 64.2 Å². The first-order valence-corrected chi connectivity index (χ1v) is 25.6. The molecule has 0 rings (SSSR count). The van der Waals surface area contributed by atoms with Crippen molar-refractivity contribution in [1.29, 1.82) is 0 Å². The number of esters is 2. The fraction of sp³-hybridized carbons (Fsp3) is 0.760. The molecule has 1 unspecified atom stereocenters. The van der Waals surface area contributed by atoms with Crippen LogP contribution >= 0.6 is 7.82 Å². The van der Waals surface area contributed by atoms with Crippen LogP contribution in [-0.2, 0) is 32.7 Å². The summed E-state index contributed by atoms with van der Waals surface area (Å²) < 4.78 is 34.3. The molecule has 0 saturated heterocycles. The highest BCUT2D eigenvalue weighted by Crippen LogP contribution is 2.43. The van der Waals surface area contributed by atoms with E-state index in [1.165, 1.54) is 89.9 Å². The summed E-state index contributed by atoms with van der Waals surface area (Å²) in [6.45, 7) is 2.36. The van der Waals surface area contributed by atoms with Crippen molar-refractivity contribution in [3.63, 3.8) is 0 Å². The fourth-order valence-corrected chi connectivity index (χ4v) is 7.02. The molecule has 0 radical (unpaired) electrons. The predicted molar refractivity (Wildman–Crippen MR) is 253 cm³/mol. The number of hydrogen-bond donors (Lipinski definition) is 2. The van der Waals surface area contributed by atoms with E-state index in [1.807, 2.05) is 27.2 Å². The number of quaternary nitrogens is 1. The van der Waals surface area contributed by atoms with Crippen molar-refractivity contribution in [2.45, 2.75) is 193 Å². The van der Waals surface area contributed by atoms with Gasteiger partial charge in [0.15, 0.2) is 6.10 Å². The number of hydrogen-bond acceptors (Lipinski definition) is 8. The number of carbonyl (C=O) groups excluding carboxylic acids is 2. The summed E-state index contributed by atoms with van der Waals surface area (Å²) in [4.78, 5) is 35.4. The minimum atomic E-state index is -4.40. The standard InChI is InChI=1S/C50H90NO9P/c1-5-6-7-8-9-10-11-12-13-14-15-17-20-23-26-29-32-35-38-41-49(53)57-46-48(47-59-61(55,56)58-45-43-51(2,3)4)60-50(54)42-39-36-33-30-27-24-21-18-16-19-22-25-28-31-34-37-40-44-52/h12-13,16,19,21,24-25,28,30,33,48,52H,5-11,14-15,17-18,20,22-23,26-27,29,31-32,34-47H2,1-4H3/p+1/b13-12-,19-16-,24-21-,28-25-,33-30-/t48-/m1/s1. The van der Waals surface area contributed by atoms with Crippen LogP contribution in [0.4, 0.5) is 0 Å². The Morgan fingerprint density at radius 3 is 1.48 bits per heavy atom. The maximum atomic E-state index is 12.7. The lowest BCUT2D eigenvalue weighted by atomic mass is 10.1. The zero-order chi connectivity index (χ0) is 45.0. The van der Waals surface area contributed by atoms with E-state index in [0.29, 0.717) is 23.9 Å². The monoisotopic (exact) mass is 881 g/mol. The molecule has 0 spiro atoms. The molecular formula is C50H91NO9P+. The number of nitrogens with zero attached hydrogens (tertiary/aromatic N) is 1. The Labute approximate surface area is 373 Å². The molecule has 0 aromatic carbocycles. The average molecular weight is 881 g/mol. The molecule has 0 fully saturated rings. The Kier molecular flexibility index (Phi) is 41.3. The molecule has 0 bridgehead atoms. The highest BCUT2D eigenvalue weighted by atomic mass is 31.2. The quantitative estimate of drug-likeness (QED) is 0.0202. The average Bonchev–Trinajstić information content (AvgIpc) is 3.21. The molecule has 354 valence electrons. The zero-order valence-corrected chi connectivity index (χ0v) is 40.2. The summed E-state index contributed by atoms with van der Waals surface area (Å²) in [7, 11) is 1.42. The molecule has 0 aliphatic rings. The summed E-state index contributed by atoms with van der Waals surface area (Å²) in [5.41, 5.74) is 0. The number of phosphoric ester groups is 1. The van der Waals surface area contributed by atoms with Crippen LogP contribution in [0.5, 0.6) is 0 Å². The lowest BCUT2D eigenvalue weighted by molar-refractivity contribution is -0.870. The van der Waals surface area contributed by atoms with E-state index in [-0.39, 0.29) is 32.7 Å². The lowest BCUT2D eigenvalue weighted by Gasteiger charge is -2.24. The van der Waals surface area contributed by atoms with Gasteiger partial charge in [-0.2, -0.15) is 0 Å². The van der Waals surface area contributed by atoms with Crippen LogP contribution in [0.15, 0.2) is 60.8 Å². The predicted octanol–water partition coefficient (Wildman–Crippen LogP) is 13.0. The molecule has 0 heterocycles. The number of allylic oxidation sites excluding steroid dienone is 10. The lowest BCUT2D eigenvalue weighted by Crippen LogP contribution is -2.37. The summed E-state index contributed by atoms with van der Waals surface area (Å²) in [6.07, 6.45) is 50.0. The normalized spacial score (nSPS) is 14.0. The van der Waals surface area contributed by atoms with Crippen LogP contribution in [0.3, 0.4) is 0 Å². The maximum absolute atomic E-state index is 12.7.